The minimum Gasteiger partial charge on any atom is -0.459 e. The van der Waals surface area contributed by atoms with Gasteiger partial charge in [0.05, 0.1) is 6.61 Å². The number of esters is 1. The highest BCUT2D eigenvalue weighted by atomic mass is 32.1. The molecule has 0 aromatic carbocycles. The first-order chi connectivity index (χ1) is 9.00. The Morgan fingerprint density at radius 2 is 2.32 bits per heavy atom. The van der Waals surface area contributed by atoms with Crippen LogP contribution in [0.3, 0.4) is 0 Å². The summed E-state index contributed by atoms with van der Waals surface area (Å²) in [5, 5.41) is 0. The smallest absolute Gasteiger partial charge is 0.348 e. The number of carbonyl (C=O) groups excluding carboxylic acids is 1. The zero-order valence-electron chi connectivity index (χ0n) is 11.6. The van der Waals surface area contributed by atoms with Gasteiger partial charge < -0.3 is 14.2 Å². The molecule has 0 saturated carbocycles. The third kappa shape index (κ3) is 4.03. The van der Waals surface area contributed by atoms with Gasteiger partial charge in [0.25, 0.3) is 0 Å². The fourth-order valence-electron chi connectivity index (χ4n) is 1.95. The van der Waals surface area contributed by atoms with E-state index in [0.717, 1.165) is 12.8 Å². The molecule has 0 amide bonds. The number of thiophene rings is 1. The molecule has 1 unspecified atom stereocenters. The third-order valence-corrected chi connectivity index (χ3v) is 3.95. The van der Waals surface area contributed by atoms with Crippen molar-refractivity contribution in [2.24, 2.45) is 0 Å². The van der Waals surface area contributed by atoms with E-state index in [4.69, 9.17) is 14.2 Å². The molecule has 0 bridgehead atoms. The molecule has 0 spiro atoms. The minimum absolute atomic E-state index is 0.172. The fraction of sp³-hybridized carbons (Fsp3) is 0.643. The molecule has 2 heterocycles. The van der Waals surface area contributed by atoms with E-state index in [1.807, 2.05) is 26.0 Å². The lowest BCUT2D eigenvalue weighted by Gasteiger charge is -2.16. The van der Waals surface area contributed by atoms with Crippen LogP contribution in [-0.2, 0) is 20.6 Å². The predicted octanol–water partition coefficient (Wildman–Crippen LogP) is 3.01. The number of ether oxygens (including phenoxy) is 3. The molecule has 0 aliphatic carbocycles. The van der Waals surface area contributed by atoms with Crippen LogP contribution in [0.4, 0.5) is 0 Å². The lowest BCUT2D eigenvalue weighted by Crippen LogP contribution is -2.25. The van der Waals surface area contributed by atoms with Gasteiger partial charge in [0.2, 0.25) is 0 Å². The van der Waals surface area contributed by atoms with E-state index >= 15 is 0 Å². The molecule has 1 atom stereocenters. The second-order valence-corrected chi connectivity index (χ2v) is 6.23. The van der Waals surface area contributed by atoms with E-state index in [0.29, 0.717) is 11.5 Å². The highest BCUT2D eigenvalue weighted by molar-refractivity contribution is 7.13. The molecule has 1 aliphatic heterocycles. The number of hydrogen-bond donors (Lipinski definition) is 0. The van der Waals surface area contributed by atoms with Crippen molar-refractivity contribution in [3.05, 3.63) is 21.9 Å². The van der Waals surface area contributed by atoms with Crippen LogP contribution < -0.4 is 0 Å². The second kappa shape index (κ2) is 6.03. The van der Waals surface area contributed by atoms with Gasteiger partial charge in [0.15, 0.2) is 5.79 Å². The normalized spacial score (nSPS) is 21.5. The zero-order valence-corrected chi connectivity index (χ0v) is 12.4. The summed E-state index contributed by atoms with van der Waals surface area (Å²) in [5.74, 6) is -0.852. The van der Waals surface area contributed by atoms with Crippen LogP contribution in [0.1, 0.15) is 41.7 Å². The van der Waals surface area contributed by atoms with E-state index in [1.165, 1.54) is 16.2 Å². The topological polar surface area (TPSA) is 44.8 Å². The van der Waals surface area contributed by atoms with Crippen LogP contribution in [0.25, 0.3) is 0 Å². The van der Waals surface area contributed by atoms with E-state index in [-0.39, 0.29) is 18.7 Å². The Kier molecular flexibility index (Phi) is 4.60. The summed E-state index contributed by atoms with van der Waals surface area (Å²) in [7, 11) is 0. The molecule has 0 N–H and O–H groups in total. The quantitative estimate of drug-likeness (QED) is 0.780. The Morgan fingerprint density at radius 1 is 1.53 bits per heavy atom. The van der Waals surface area contributed by atoms with Crippen LogP contribution in [0.2, 0.25) is 0 Å². The Balaban J connectivity index is 1.81. The summed E-state index contributed by atoms with van der Waals surface area (Å²) < 4.78 is 16.3. The zero-order chi connectivity index (χ0) is 13.9. The van der Waals surface area contributed by atoms with Gasteiger partial charge in [-0.15, -0.1) is 11.3 Å². The molecular formula is C14H20O4S. The van der Waals surface area contributed by atoms with Crippen molar-refractivity contribution in [2.75, 3.05) is 13.2 Å². The molecule has 1 aromatic rings. The van der Waals surface area contributed by atoms with Gasteiger partial charge in [-0.05, 0) is 32.4 Å². The molecule has 1 aromatic heterocycles. The van der Waals surface area contributed by atoms with Gasteiger partial charge in [-0.1, -0.05) is 13.3 Å². The lowest BCUT2D eigenvalue weighted by atomic mass is 10.3. The first-order valence-corrected chi connectivity index (χ1v) is 7.39. The van der Waals surface area contributed by atoms with E-state index < -0.39 is 5.79 Å². The Labute approximate surface area is 117 Å². The average molecular weight is 284 g/mol. The van der Waals surface area contributed by atoms with E-state index in [9.17, 15) is 4.79 Å². The molecule has 5 heteroatoms. The van der Waals surface area contributed by atoms with Crippen LogP contribution in [-0.4, -0.2) is 31.1 Å². The van der Waals surface area contributed by atoms with Crippen molar-refractivity contribution in [1.82, 2.24) is 0 Å². The van der Waals surface area contributed by atoms with E-state index in [2.05, 4.69) is 6.92 Å². The highest BCUT2D eigenvalue weighted by Gasteiger charge is 2.33. The van der Waals surface area contributed by atoms with Gasteiger partial charge in [-0.25, -0.2) is 4.79 Å². The SMILES string of the molecule is CCCc1ccc(C(=O)OCC2COC(C)(C)O2)s1. The molecule has 2 rings (SSSR count). The van der Waals surface area contributed by atoms with Crippen molar-refractivity contribution >= 4 is 17.3 Å². The van der Waals surface area contributed by atoms with Crippen molar-refractivity contribution in [3.8, 4) is 0 Å². The lowest BCUT2D eigenvalue weighted by molar-refractivity contribution is -0.142. The van der Waals surface area contributed by atoms with Crippen LogP contribution in [0.15, 0.2) is 12.1 Å². The first kappa shape index (κ1) is 14.5. The molecule has 19 heavy (non-hydrogen) atoms. The van der Waals surface area contributed by atoms with Gasteiger partial charge in [-0.2, -0.15) is 0 Å². The highest BCUT2D eigenvalue weighted by Crippen LogP contribution is 2.23. The molecule has 1 aliphatic rings. The van der Waals surface area contributed by atoms with E-state index in [1.54, 1.807) is 0 Å². The maximum atomic E-state index is 11.9. The molecular weight excluding hydrogens is 264 g/mol. The van der Waals surface area contributed by atoms with Crippen molar-refractivity contribution in [2.45, 2.75) is 45.5 Å². The molecule has 1 fully saturated rings. The summed E-state index contributed by atoms with van der Waals surface area (Å²) in [6.45, 7) is 6.53. The molecule has 106 valence electrons. The van der Waals surface area contributed by atoms with Gasteiger partial charge in [-0.3, -0.25) is 0 Å². The van der Waals surface area contributed by atoms with Crippen LogP contribution in [0, 0.1) is 0 Å². The molecule has 4 nitrogen and oxygen atoms in total. The predicted molar refractivity (Wildman–Crippen MR) is 73.5 cm³/mol. The van der Waals surface area contributed by atoms with Crippen molar-refractivity contribution in [3.63, 3.8) is 0 Å². The maximum absolute atomic E-state index is 11.9. The summed E-state index contributed by atoms with van der Waals surface area (Å²) in [4.78, 5) is 13.7. The molecule has 1 saturated heterocycles. The molecule has 0 radical (unpaired) electrons. The fourth-order valence-corrected chi connectivity index (χ4v) is 2.96. The maximum Gasteiger partial charge on any atom is 0.348 e. The summed E-state index contributed by atoms with van der Waals surface area (Å²) in [5.41, 5.74) is 0. The number of rotatable bonds is 5. The Morgan fingerprint density at radius 3 is 2.95 bits per heavy atom. The van der Waals surface area contributed by atoms with Gasteiger partial charge >= 0.3 is 5.97 Å². The largest absolute Gasteiger partial charge is 0.459 e. The number of aryl methyl sites for hydroxylation is 1. The Hall–Kier alpha value is -0.910. The van der Waals surface area contributed by atoms with Crippen molar-refractivity contribution in [1.29, 1.82) is 0 Å². The first-order valence-electron chi connectivity index (χ1n) is 6.58. The summed E-state index contributed by atoms with van der Waals surface area (Å²) in [6.07, 6.45) is 1.91. The summed E-state index contributed by atoms with van der Waals surface area (Å²) in [6, 6.07) is 3.82. The summed E-state index contributed by atoms with van der Waals surface area (Å²) >= 11 is 1.50. The van der Waals surface area contributed by atoms with Crippen LogP contribution in [0.5, 0.6) is 0 Å². The number of carbonyl (C=O) groups is 1. The monoisotopic (exact) mass is 284 g/mol. The van der Waals surface area contributed by atoms with Gasteiger partial charge in [0.1, 0.15) is 17.6 Å². The standard InChI is InChI=1S/C14H20O4S/c1-4-5-11-6-7-12(19-11)13(15)16-8-10-9-17-14(2,3)18-10/h6-7,10H,4-5,8-9H2,1-3H3. The minimum atomic E-state index is -0.575. The average Bonchev–Trinajstić information content (AvgIpc) is 2.93. The van der Waals surface area contributed by atoms with Crippen LogP contribution >= 0.6 is 11.3 Å². The Bertz CT molecular complexity index is 438. The van der Waals surface area contributed by atoms with Gasteiger partial charge in [0, 0.05) is 4.88 Å². The second-order valence-electron chi connectivity index (χ2n) is 5.07. The van der Waals surface area contributed by atoms with Crippen molar-refractivity contribution < 1.29 is 19.0 Å². The third-order valence-electron chi connectivity index (χ3n) is 2.83. The number of hydrogen-bond acceptors (Lipinski definition) is 5.